The number of nitrogens with one attached hydrogen (secondary N) is 1. The fourth-order valence-corrected chi connectivity index (χ4v) is 2.60. The van der Waals surface area contributed by atoms with Gasteiger partial charge in [-0.3, -0.25) is 0 Å². The van der Waals surface area contributed by atoms with Crippen molar-refractivity contribution in [1.82, 2.24) is 9.55 Å². The van der Waals surface area contributed by atoms with E-state index in [4.69, 9.17) is 0 Å². The van der Waals surface area contributed by atoms with Crippen LogP contribution in [0.1, 0.15) is 18.7 Å². The molecule has 19 heavy (non-hydrogen) atoms. The number of rotatable bonds is 4. The summed E-state index contributed by atoms with van der Waals surface area (Å²) in [7, 11) is 2.02. The highest BCUT2D eigenvalue weighted by atomic mass is 15.2. The van der Waals surface area contributed by atoms with Gasteiger partial charge in [0.25, 0.3) is 0 Å². The summed E-state index contributed by atoms with van der Waals surface area (Å²) in [5.41, 5.74) is 2.52. The van der Waals surface area contributed by atoms with Gasteiger partial charge in [0.1, 0.15) is 5.82 Å². The molecule has 1 aliphatic rings. The van der Waals surface area contributed by atoms with Crippen molar-refractivity contribution in [3.05, 3.63) is 42.5 Å². The zero-order valence-corrected chi connectivity index (χ0v) is 11.3. The van der Waals surface area contributed by atoms with Crippen LogP contribution in [0.5, 0.6) is 0 Å². The Morgan fingerprint density at radius 1 is 1.21 bits per heavy atom. The van der Waals surface area contributed by atoms with E-state index in [0.717, 1.165) is 12.4 Å². The minimum Gasteiger partial charge on any atom is -0.376 e. The number of benzene rings is 1. The van der Waals surface area contributed by atoms with Crippen LogP contribution in [0, 0.1) is 0 Å². The quantitative estimate of drug-likeness (QED) is 0.913. The molecule has 1 aliphatic heterocycles. The molecule has 3 rings (SSSR count). The van der Waals surface area contributed by atoms with Gasteiger partial charge in [0.2, 0.25) is 0 Å². The van der Waals surface area contributed by atoms with Crippen molar-refractivity contribution in [3.63, 3.8) is 0 Å². The van der Waals surface area contributed by atoms with Gasteiger partial charge in [0.05, 0.1) is 17.9 Å². The highest BCUT2D eigenvalue weighted by molar-refractivity contribution is 5.70. The SMILES string of the molecule is Cn1ccnc1CNc1ccccc1N1CCCC1. The minimum atomic E-state index is 0.758. The molecule has 1 aromatic heterocycles. The average molecular weight is 256 g/mol. The van der Waals surface area contributed by atoms with Gasteiger partial charge in [-0.25, -0.2) is 4.98 Å². The van der Waals surface area contributed by atoms with Crippen LogP contribution in [0.25, 0.3) is 0 Å². The van der Waals surface area contributed by atoms with E-state index in [1.54, 1.807) is 0 Å². The van der Waals surface area contributed by atoms with Gasteiger partial charge in [0.15, 0.2) is 0 Å². The predicted molar refractivity (Wildman–Crippen MR) is 78.4 cm³/mol. The summed E-state index contributed by atoms with van der Waals surface area (Å²) >= 11 is 0. The van der Waals surface area contributed by atoms with Crippen molar-refractivity contribution in [2.75, 3.05) is 23.3 Å². The summed E-state index contributed by atoms with van der Waals surface area (Å²) in [6, 6.07) is 8.54. The fraction of sp³-hybridized carbons (Fsp3) is 0.400. The van der Waals surface area contributed by atoms with E-state index in [1.807, 2.05) is 24.0 Å². The smallest absolute Gasteiger partial charge is 0.127 e. The normalized spacial score (nSPS) is 14.9. The number of hydrogen-bond donors (Lipinski definition) is 1. The Hall–Kier alpha value is -1.97. The number of nitrogens with zero attached hydrogens (tertiary/aromatic N) is 3. The Balaban J connectivity index is 1.75. The number of para-hydroxylation sites is 2. The van der Waals surface area contributed by atoms with Gasteiger partial charge in [-0.1, -0.05) is 12.1 Å². The molecule has 0 unspecified atom stereocenters. The monoisotopic (exact) mass is 256 g/mol. The zero-order valence-electron chi connectivity index (χ0n) is 11.3. The molecule has 4 nitrogen and oxygen atoms in total. The lowest BCUT2D eigenvalue weighted by Gasteiger charge is -2.21. The molecule has 0 amide bonds. The highest BCUT2D eigenvalue weighted by Crippen LogP contribution is 2.28. The van der Waals surface area contributed by atoms with E-state index in [2.05, 4.69) is 39.5 Å². The van der Waals surface area contributed by atoms with Crippen molar-refractivity contribution < 1.29 is 0 Å². The second kappa shape index (κ2) is 5.34. The molecule has 0 spiro atoms. The molecule has 4 heteroatoms. The Kier molecular flexibility index (Phi) is 3.40. The zero-order chi connectivity index (χ0) is 13.1. The first-order valence-electron chi connectivity index (χ1n) is 6.88. The van der Waals surface area contributed by atoms with E-state index >= 15 is 0 Å². The Bertz CT molecular complexity index is 541. The van der Waals surface area contributed by atoms with Crippen molar-refractivity contribution >= 4 is 11.4 Å². The van der Waals surface area contributed by atoms with Gasteiger partial charge in [-0.2, -0.15) is 0 Å². The third-order valence-corrected chi connectivity index (χ3v) is 3.71. The molecular formula is C15H20N4. The minimum absolute atomic E-state index is 0.758. The third-order valence-electron chi connectivity index (χ3n) is 3.71. The number of anilines is 2. The standard InChI is InChI=1S/C15H20N4/c1-18-11-8-16-15(18)12-17-13-6-2-3-7-14(13)19-9-4-5-10-19/h2-3,6-8,11,17H,4-5,9-10,12H2,1H3. The van der Waals surface area contributed by atoms with Crippen LogP contribution in [-0.4, -0.2) is 22.6 Å². The Morgan fingerprint density at radius 2 is 2.00 bits per heavy atom. The van der Waals surface area contributed by atoms with Crippen LogP contribution < -0.4 is 10.2 Å². The molecule has 0 atom stereocenters. The largest absolute Gasteiger partial charge is 0.376 e. The maximum Gasteiger partial charge on any atom is 0.127 e. The van der Waals surface area contributed by atoms with Crippen LogP contribution in [0.2, 0.25) is 0 Å². The van der Waals surface area contributed by atoms with Crippen molar-refractivity contribution in [2.24, 2.45) is 7.05 Å². The van der Waals surface area contributed by atoms with E-state index in [-0.39, 0.29) is 0 Å². The van der Waals surface area contributed by atoms with Crippen molar-refractivity contribution in [2.45, 2.75) is 19.4 Å². The second-order valence-corrected chi connectivity index (χ2v) is 5.02. The fourth-order valence-electron chi connectivity index (χ4n) is 2.60. The molecule has 1 N–H and O–H groups in total. The van der Waals surface area contributed by atoms with Crippen LogP contribution >= 0.6 is 0 Å². The number of aryl methyl sites for hydroxylation is 1. The molecule has 0 radical (unpaired) electrons. The lowest BCUT2D eigenvalue weighted by atomic mass is 10.2. The predicted octanol–water partition coefficient (Wildman–Crippen LogP) is 2.63. The Morgan fingerprint density at radius 3 is 2.74 bits per heavy atom. The van der Waals surface area contributed by atoms with Gasteiger partial charge in [0, 0.05) is 32.5 Å². The van der Waals surface area contributed by atoms with E-state index in [1.165, 1.54) is 37.3 Å². The molecule has 1 saturated heterocycles. The molecule has 0 saturated carbocycles. The maximum atomic E-state index is 4.34. The molecule has 2 aromatic rings. The van der Waals surface area contributed by atoms with Gasteiger partial charge >= 0.3 is 0 Å². The third kappa shape index (κ3) is 2.57. The van der Waals surface area contributed by atoms with Crippen LogP contribution in [-0.2, 0) is 13.6 Å². The molecule has 100 valence electrons. The van der Waals surface area contributed by atoms with Gasteiger partial charge in [-0.05, 0) is 25.0 Å². The molecular weight excluding hydrogens is 236 g/mol. The summed E-state index contributed by atoms with van der Waals surface area (Å²) in [5, 5.41) is 3.51. The first kappa shape index (κ1) is 12.1. The van der Waals surface area contributed by atoms with E-state index in [9.17, 15) is 0 Å². The molecule has 0 aliphatic carbocycles. The number of hydrogen-bond acceptors (Lipinski definition) is 3. The Labute approximate surface area is 114 Å². The maximum absolute atomic E-state index is 4.34. The average Bonchev–Trinajstić information content (AvgIpc) is 3.08. The van der Waals surface area contributed by atoms with Gasteiger partial charge < -0.3 is 14.8 Å². The lowest BCUT2D eigenvalue weighted by molar-refractivity contribution is 0.812. The first-order chi connectivity index (χ1) is 9.34. The summed E-state index contributed by atoms with van der Waals surface area (Å²) in [6.07, 6.45) is 6.41. The molecule has 0 bridgehead atoms. The molecule has 1 aromatic carbocycles. The topological polar surface area (TPSA) is 33.1 Å². The molecule has 2 heterocycles. The number of imidazole rings is 1. The highest BCUT2D eigenvalue weighted by Gasteiger charge is 2.15. The molecule has 1 fully saturated rings. The summed E-state index contributed by atoms with van der Waals surface area (Å²) < 4.78 is 2.05. The van der Waals surface area contributed by atoms with Gasteiger partial charge in [-0.15, -0.1) is 0 Å². The van der Waals surface area contributed by atoms with Crippen molar-refractivity contribution in [3.8, 4) is 0 Å². The van der Waals surface area contributed by atoms with Crippen LogP contribution in [0.15, 0.2) is 36.7 Å². The van der Waals surface area contributed by atoms with Crippen molar-refractivity contribution in [1.29, 1.82) is 0 Å². The van der Waals surface area contributed by atoms with Crippen LogP contribution in [0.4, 0.5) is 11.4 Å². The number of aromatic nitrogens is 2. The van der Waals surface area contributed by atoms with Crippen LogP contribution in [0.3, 0.4) is 0 Å². The summed E-state index contributed by atoms with van der Waals surface area (Å²) in [5.74, 6) is 1.05. The summed E-state index contributed by atoms with van der Waals surface area (Å²) in [6.45, 7) is 3.09. The van der Waals surface area contributed by atoms with E-state index < -0.39 is 0 Å². The first-order valence-corrected chi connectivity index (χ1v) is 6.88. The summed E-state index contributed by atoms with van der Waals surface area (Å²) in [4.78, 5) is 6.80. The second-order valence-electron chi connectivity index (χ2n) is 5.02. The van der Waals surface area contributed by atoms with E-state index in [0.29, 0.717) is 0 Å². The lowest BCUT2D eigenvalue weighted by Crippen LogP contribution is -2.19.